The number of benzene rings is 2. The molecule has 0 aliphatic carbocycles. The lowest BCUT2D eigenvalue weighted by atomic mass is 10.2. The summed E-state index contributed by atoms with van der Waals surface area (Å²) in [5, 5.41) is 4.68. The fourth-order valence-electron chi connectivity index (χ4n) is 2.00. The van der Waals surface area contributed by atoms with Crippen LogP contribution in [-0.2, 0) is 19.6 Å². The Kier molecular flexibility index (Phi) is 6.25. The summed E-state index contributed by atoms with van der Waals surface area (Å²) in [5.41, 5.74) is 0.352. The maximum Gasteiger partial charge on any atom is 0.340 e. The van der Waals surface area contributed by atoms with Gasteiger partial charge in [-0.1, -0.05) is 41.4 Å². The molecule has 2 rings (SSSR count). The second-order valence-corrected chi connectivity index (χ2v) is 7.52. The number of primary sulfonamides is 1. The molecule has 26 heavy (non-hydrogen) atoms. The Balaban J connectivity index is 2.14. The molecule has 0 bridgehead atoms. The minimum Gasteiger partial charge on any atom is -0.452 e. The topological polar surface area (TPSA) is 107 Å². The van der Waals surface area contributed by atoms with E-state index in [1.165, 1.54) is 11.9 Å². The summed E-state index contributed by atoms with van der Waals surface area (Å²) >= 11 is 11.7. The number of carbonyl (C=O) groups excluding carboxylic acids is 2. The van der Waals surface area contributed by atoms with Crippen LogP contribution in [0.3, 0.4) is 0 Å². The van der Waals surface area contributed by atoms with Crippen LogP contribution in [0.4, 0.5) is 5.69 Å². The van der Waals surface area contributed by atoms with Crippen LogP contribution in [0.1, 0.15) is 10.4 Å². The van der Waals surface area contributed by atoms with E-state index in [4.69, 9.17) is 33.1 Å². The first kappa shape index (κ1) is 20.2. The number of ether oxygens (including phenoxy) is 1. The number of hydrogen-bond acceptors (Lipinski definition) is 5. The van der Waals surface area contributed by atoms with E-state index < -0.39 is 33.4 Å². The Labute approximate surface area is 160 Å². The smallest absolute Gasteiger partial charge is 0.340 e. The molecule has 138 valence electrons. The van der Waals surface area contributed by atoms with Crippen LogP contribution in [0.25, 0.3) is 0 Å². The highest BCUT2D eigenvalue weighted by molar-refractivity contribution is 7.89. The fraction of sp³-hybridized carbons (Fsp3) is 0.125. The molecule has 0 aromatic heterocycles. The van der Waals surface area contributed by atoms with Crippen molar-refractivity contribution in [3.8, 4) is 0 Å². The quantitative estimate of drug-likeness (QED) is 0.753. The van der Waals surface area contributed by atoms with Gasteiger partial charge in [-0.3, -0.25) is 4.79 Å². The Morgan fingerprint density at radius 1 is 1.12 bits per heavy atom. The molecule has 0 atom stereocenters. The van der Waals surface area contributed by atoms with E-state index >= 15 is 0 Å². The summed E-state index contributed by atoms with van der Waals surface area (Å²) < 4.78 is 27.9. The number of nitrogens with two attached hydrogens (primary N) is 1. The van der Waals surface area contributed by atoms with E-state index in [9.17, 15) is 18.0 Å². The third kappa shape index (κ3) is 4.73. The molecule has 7 nitrogen and oxygen atoms in total. The van der Waals surface area contributed by atoms with Gasteiger partial charge in [0.05, 0.1) is 15.6 Å². The first-order valence-corrected chi connectivity index (χ1v) is 9.42. The van der Waals surface area contributed by atoms with Crippen molar-refractivity contribution in [3.05, 3.63) is 58.1 Å². The van der Waals surface area contributed by atoms with Crippen molar-refractivity contribution in [1.29, 1.82) is 0 Å². The zero-order valence-electron chi connectivity index (χ0n) is 13.5. The molecule has 2 aromatic carbocycles. The van der Waals surface area contributed by atoms with Crippen LogP contribution in [0.5, 0.6) is 0 Å². The SMILES string of the molecule is CN(C(=O)COC(=O)c1cc(S(N)(=O)=O)c(Cl)cc1Cl)c1ccccc1. The lowest BCUT2D eigenvalue weighted by Crippen LogP contribution is -2.31. The van der Waals surface area contributed by atoms with Crippen molar-refractivity contribution in [2.75, 3.05) is 18.6 Å². The lowest BCUT2D eigenvalue weighted by molar-refractivity contribution is -0.121. The highest BCUT2D eigenvalue weighted by Gasteiger charge is 2.22. The van der Waals surface area contributed by atoms with E-state index in [1.54, 1.807) is 30.3 Å². The minimum atomic E-state index is -4.16. The number of anilines is 1. The van der Waals surface area contributed by atoms with E-state index in [2.05, 4.69) is 0 Å². The second kappa shape index (κ2) is 8.05. The van der Waals surface area contributed by atoms with Gasteiger partial charge in [-0.2, -0.15) is 0 Å². The summed E-state index contributed by atoms with van der Waals surface area (Å²) in [7, 11) is -2.63. The van der Waals surface area contributed by atoms with Gasteiger partial charge in [0.25, 0.3) is 5.91 Å². The van der Waals surface area contributed by atoms with Crippen molar-refractivity contribution in [2.24, 2.45) is 5.14 Å². The minimum absolute atomic E-state index is 0.128. The van der Waals surface area contributed by atoms with E-state index in [0.29, 0.717) is 5.69 Å². The molecule has 0 saturated heterocycles. The first-order chi connectivity index (χ1) is 12.1. The molecule has 0 unspecified atom stereocenters. The maximum absolute atomic E-state index is 12.2. The summed E-state index contributed by atoms with van der Waals surface area (Å²) in [5.74, 6) is -1.47. The monoisotopic (exact) mass is 416 g/mol. The number of hydrogen-bond donors (Lipinski definition) is 1. The van der Waals surface area contributed by atoms with E-state index in [0.717, 1.165) is 12.1 Å². The van der Waals surface area contributed by atoms with Crippen LogP contribution in [0.15, 0.2) is 47.4 Å². The summed E-state index contributed by atoms with van der Waals surface area (Å²) in [6.45, 7) is -0.562. The van der Waals surface area contributed by atoms with Gasteiger partial charge in [-0.05, 0) is 24.3 Å². The van der Waals surface area contributed by atoms with Crippen molar-refractivity contribution >= 4 is 50.8 Å². The maximum atomic E-state index is 12.2. The van der Waals surface area contributed by atoms with Crippen LogP contribution in [0.2, 0.25) is 10.0 Å². The van der Waals surface area contributed by atoms with Gasteiger partial charge < -0.3 is 9.64 Å². The molecule has 0 heterocycles. The van der Waals surface area contributed by atoms with Gasteiger partial charge in [0.2, 0.25) is 10.0 Å². The van der Waals surface area contributed by atoms with Gasteiger partial charge in [-0.25, -0.2) is 18.4 Å². The zero-order chi connectivity index (χ0) is 19.5. The van der Waals surface area contributed by atoms with Gasteiger partial charge in [0, 0.05) is 12.7 Å². The summed E-state index contributed by atoms with van der Waals surface area (Å²) in [6, 6.07) is 10.7. The predicted molar refractivity (Wildman–Crippen MR) is 98.0 cm³/mol. The van der Waals surface area contributed by atoms with Crippen LogP contribution in [-0.4, -0.2) is 33.9 Å². The second-order valence-electron chi connectivity index (χ2n) is 5.17. The fourth-order valence-corrected chi connectivity index (χ4v) is 3.40. The Bertz CT molecular complexity index is 949. The molecule has 10 heteroatoms. The van der Waals surface area contributed by atoms with Crippen molar-refractivity contribution in [2.45, 2.75) is 4.90 Å². The van der Waals surface area contributed by atoms with Gasteiger partial charge in [-0.15, -0.1) is 0 Å². The summed E-state index contributed by atoms with van der Waals surface area (Å²) in [6.07, 6.45) is 0. The number of halogens is 2. The molecular weight excluding hydrogens is 403 g/mol. The number of esters is 1. The highest BCUT2D eigenvalue weighted by Crippen LogP contribution is 2.28. The third-order valence-corrected chi connectivity index (χ3v) is 5.08. The molecule has 1 amide bonds. The van der Waals surface area contributed by atoms with Crippen molar-refractivity contribution < 1.29 is 22.7 Å². The van der Waals surface area contributed by atoms with Gasteiger partial charge in [0.15, 0.2) is 6.61 Å². The number of para-hydroxylation sites is 1. The average molecular weight is 417 g/mol. The number of sulfonamides is 1. The molecule has 0 saturated carbocycles. The number of amides is 1. The molecule has 2 N–H and O–H groups in total. The zero-order valence-corrected chi connectivity index (χ0v) is 15.8. The van der Waals surface area contributed by atoms with Crippen LogP contribution < -0.4 is 10.0 Å². The lowest BCUT2D eigenvalue weighted by Gasteiger charge is -2.17. The average Bonchev–Trinajstić information content (AvgIpc) is 2.58. The number of likely N-dealkylation sites (N-methyl/N-ethyl adjacent to an activating group) is 1. The highest BCUT2D eigenvalue weighted by atomic mass is 35.5. The molecule has 2 aromatic rings. The standard InChI is InChI=1S/C16H14Cl2N2O5S/c1-20(10-5-3-2-4-6-10)15(21)9-25-16(22)11-7-14(26(19,23)24)13(18)8-12(11)17/h2-8H,9H2,1H3,(H2,19,23,24). The molecule has 0 radical (unpaired) electrons. The predicted octanol–water partition coefficient (Wildman–Crippen LogP) is 2.46. The molecule has 0 aliphatic heterocycles. The summed E-state index contributed by atoms with van der Waals surface area (Å²) in [4.78, 5) is 25.1. The van der Waals surface area contributed by atoms with Crippen molar-refractivity contribution in [3.63, 3.8) is 0 Å². The molecule has 0 fully saturated rings. The number of nitrogens with zero attached hydrogens (tertiary/aromatic N) is 1. The number of carbonyl (C=O) groups is 2. The Hall–Kier alpha value is -2.13. The van der Waals surface area contributed by atoms with Crippen LogP contribution in [0, 0.1) is 0 Å². The first-order valence-electron chi connectivity index (χ1n) is 7.12. The van der Waals surface area contributed by atoms with E-state index in [1.807, 2.05) is 0 Å². The van der Waals surface area contributed by atoms with Gasteiger partial charge in [0.1, 0.15) is 4.90 Å². The molecule has 0 aliphatic rings. The van der Waals surface area contributed by atoms with Crippen molar-refractivity contribution in [1.82, 2.24) is 0 Å². The molecule has 0 spiro atoms. The van der Waals surface area contributed by atoms with Crippen LogP contribution >= 0.6 is 23.2 Å². The largest absolute Gasteiger partial charge is 0.452 e. The third-order valence-electron chi connectivity index (χ3n) is 3.39. The Morgan fingerprint density at radius 3 is 2.31 bits per heavy atom. The van der Waals surface area contributed by atoms with E-state index in [-0.39, 0.29) is 15.6 Å². The Morgan fingerprint density at radius 2 is 1.73 bits per heavy atom. The number of rotatable bonds is 5. The normalized spacial score (nSPS) is 11.1. The molecular formula is C16H14Cl2N2O5S. The van der Waals surface area contributed by atoms with Gasteiger partial charge >= 0.3 is 5.97 Å².